The second-order valence-electron chi connectivity index (χ2n) is 4.31. The molecule has 0 amide bonds. The molecule has 1 saturated heterocycles. The molecule has 1 N–H and O–H groups in total. The van der Waals surface area contributed by atoms with Crippen LogP contribution in [0, 0.1) is 0 Å². The van der Waals surface area contributed by atoms with E-state index >= 15 is 0 Å². The fraction of sp³-hybridized carbons (Fsp3) is 1.00. The molecule has 1 fully saturated rings. The molecule has 6 heteroatoms. The monoisotopic (exact) mass is 241 g/mol. The molecule has 0 aliphatic carbocycles. The molecule has 0 aromatic heterocycles. The topological polar surface area (TPSA) is 30.5 Å². The maximum absolute atomic E-state index is 11.7. The smallest absolute Gasteiger partial charge is 0.379 e. The third kappa shape index (κ3) is 5.67. The molecule has 1 aliphatic rings. The van der Waals surface area contributed by atoms with E-state index in [0.717, 1.165) is 13.0 Å². The predicted octanol–water partition coefficient (Wildman–Crippen LogP) is 1.72. The zero-order chi connectivity index (χ0) is 12.1. The summed E-state index contributed by atoms with van der Waals surface area (Å²) >= 11 is 0. The van der Waals surface area contributed by atoms with E-state index < -0.39 is 12.8 Å². The van der Waals surface area contributed by atoms with Gasteiger partial charge in [0.15, 0.2) is 0 Å². The van der Waals surface area contributed by atoms with Crippen molar-refractivity contribution in [1.82, 2.24) is 5.32 Å². The molecule has 0 radical (unpaired) electrons. The van der Waals surface area contributed by atoms with Gasteiger partial charge in [-0.3, -0.25) is 0 Å². The summed E-state index contributed by atoms with van der Waals surface area (Å²) in [5.74, 6) is 0. The number of ether oxygens (including phenoxy) is 2. The van der Waals surface area contributed by atoms with Gasteiger partial charge in [0.25, 0.3) is 0 Å². The van der Waals surface area contributed by atoms with Gasteiger partial charge in [-0.25, -0.2) is 0 Å². The maximum atomic E-state index is 11.7. The summed E-state index contributed by atoms with van der Waals surface area (Å²) in [6.45, 7) is 3.08. The second kappa shape index (κ2) is 5.84. The van der Waals surface area contributed by atoms with Crippen LogP contribution in [-0.4, -0.2) is 44.7 Å². The molecule has 1 rings (SSSR count). The van der Waals surface area contributed by atoms with Crippen molar-refractivity contribution < 1.29 is 22.6 Å². The lowest BCUT2D eigenvalue weighted by atomic mass is 10.0. The van der Waals surface area contributed by atoms with E-state index in [1.807, 2.05) is 0 Å². The number of nitrogens with one attached hydrogen (secondary N) is 1. The molecule has 0 spiro atoms. The Morgan fingerprint density at radius 2 is 2.19 bits per heavy atom. The standard InChI is InChI=1S/C10H18F3NO2/c1-9(3-6-16-7-9)14-4-2-5-15-8-10(11,12)13/h14H,2-8H2,1H3. The highest BCUT2D eigenvalue weighted by atomic mass is 19.4. The van der Waals surface area contributed by atoms with Gasteiger partial charge in [0.2, 0.25) is 0 Å². The van der Waals surface area contributed by atoms with E-state index in [9.17, 15) is 13.2 Å². The van der Waals surface area contributed by atoms with Crippen LogP contribution in [0.3, 0.4) is 0 Å². The predicted molar refractivity (Wildman–Crippen MR) is 53.3 cm³/mol. The molecule has 3 nitrogen and oxygen atoms in total. The summed E-state index contributed by atoms with van der Waals surface area (Å²) in [5, 5.41) is 3.27. The zero-order valence-corrected chi connectivity index (χ0v) is 9.40. The van der Waals surface area contributed by atoms with Crippen LogP contribution in [-0.2, 0) is 9.47 Å². The molecule has 1 heterocycles. The lowest BCUT2D eigenvalue weighted by Gasteiger charge is -2.23. The molecule has 1 aliphatic heterocycles. The van der Waals surface area contributed by atoms with Crippen LogP contribution in [0.1, 0.15) is 19.8 Å². The molecule has 96 valence electrons. The van der Waals surface area contributed by atoms with Crippen molar-refractivity contribution in [1.29, 1.82) is 0 Å². The molecular weight excluding hydrogens is 223 g/mol. The summed E-state index contributed by atoms with van der Waals surface area (Å²) in [6.07, 6.45) is -2.71. The minimum absolute atomic E-state index is 0.0238. The minimum Gasteiger partial charge on any atom is -0.379 e. The van der Waals surface area contributed by atoms with Crippen LogP contribution in [0.4, 0.5) is 13.2 Å². The first kappa shape index (κ1) is 13.7. The van der Waals surface area contributed by atoms with Gasteiger partial charge in [-0.05, 0) is 26.3 Å². The summed E-state index contributed by atoms with van der Waals surface area (Å²) in [5.41, 5.74) is -0.0238. The van der Waals surface area contributed by atoms with Crippen LogP contribution in [0.15, 0.2) is 0 Å². The van der Waals surface area contributed by atoms with Crippen molar-refractivity contribution in [2.24, 2.45) is 0 Å². The van der Waals surface area contributed by atoms with Crippen molar-refractivity contribution in [3.8, 4) is 0 Å². The minimum atomic E-state index is -4.22. The molecule has 0 aromatic carbocycles. The van der Waals surface area contributed by atoms with Crippen molar-refractivity contribution in [3.05, 3.63) is 0 Å². The maximum Gasteiger partial charge on any atom is 0.411 e. The van der Waals surface area contributed by atoms with Gasteiger partial charge < -0.3 is 14.8 Å². The van der Waals surface area contributed by atoms with E-state index in [0.29, 0.717) is 19.6 Å². The molecule has 0 bridgehead atoms. The molecule has 0 saturated carbocycles. The highest BCUT2D eigenvalue weighted by Gasteiger charge is 2.29. The fourth-order valence-electron chi connectivity index (χ4n) is 1.56. The molecule has 0 aromatic rings. The number of alkyl halides is 3. The highest BCUT2D eigenvalue weighted by Crippen LogP contribution is 2.17. The van der Waals surface area contributed by atoms with Crippen LogP contribution < -0.4 is 5.32 Å². The normalized spacial score (nSPS) is 26.2. The lowest BCUT2D eigenvalue weighted by molar-refractivity contribution is -0.174. The van der Waals surface area contributed by atoms with E-state index in [2.05, 4.69) is 17.0 Å². The van der Waals surface area contributed by atoms with Crippen LogP contribution in [0.2, 0.25) is 0 Å². The molecule has 16 heavy (non-hydrogen) atoms. The van der Waals surface area contributed by atoms with E-state index in [4.69, 9.17) is 4.74 Å². The first-order chi connectivity index (χ1) is 7.41. The number of rotatable bonds is 6. The first-order valence-corrected chi connectivity index (χ1v) is 5.39. The fourth-order valence-corrected chi connectivity index (χ4v) is 1.56. The van der Waals surface area contributed by atoms with Crippen LogP contribution >= 0.6 is 0 Å². The Morgan fingerprint density at radius 1 is 1.44 bits per heavy atom. The summed E-state index contributed by atoms with van der Waals surface area (Å²) in [6, 6.07) is 0. The Morgan fingerprint density at radius 3 is 2.75 bits per heavy atom. The quantitative estimate of drug-likeness (QED) is 0.718. The van der Waals surface area contributed by atoms with Gasteiger partial charge in [0.1, 0.15) is 6.61 Å². The van der Waals surface area contributed by atoms with Crippen molar-refractivity contribution in [2.75, 3.05) is 33.0 Å². The first-order valence-electron chi connectivity index (χ1n) is 5.39. The lowest BCUT2D eigenvalue weighted by Crippen LogP contribution is -2.43. The molecular formula is C10H18F3NO2. The van der Waals surface area contributed by atoms with Crippen LogP contribution in [0.25, 0.3) is 0 Å². The number of halogens is 3. The highest BCUT2D eigenvalue weighted by molar-refractivity contribution is 4.86. The van der Waals surface area contributed by atoms with Gasteiger partial charge in [-0.1, -0.05) is 0 Å². The zero-order valence-electron chi connectivity index (χ0n) is 9.40. The summed E-state index contributed by atoms with van der Waals surface area (Å²) in [4.78, 5) is 0. The SMILES string of the molecule is CC1(NCCCOCC(F)(F)F)CCOC1. The Labute approximate surface area is 93.3 Å². The van der Waals surface area contributed by atoms with E-state index in [1.54, 1.807) is 0 Å². The van der Waals surface area contributed by atoms with Gasteiger partial charge in [-0.15, -0.1) is 0 Å². The number of hydrogen-bond acceptors (Lipinski definition) is 3. The van der Waals surface area contributed by atoms with Gasteiger partial charge in [0.05, 0.1) is 6.61 Å². The average molecular weight is 241 g/mol. The van der Waals surface area contributed by atoms with Gasteiger partial charge >= 0.3 is 6.18 Å². The summed E-state index contributed by atoms with van der Waals surface area (Å²) in [7, 11) is 0. The van der Waals surface area contributed by atoms with Gasteiger partial charge in [0, 0.05) is 18.8 Å². The van der Waals surface area contributed by atoms with Crippen molar-refractivity contribution >= 4 is 0 Å². The second-order valence-corrected chi connectivity index (χ2v) is 4.31. The third-order valence-electron chi connectivity index (χ3n) is 2.50. The van der Waals surface area contributed by atoms with Crippen molar-refractivity contribution in [3.63, 3.8) is 0 Å². The molecule has 1 unspecified atom stereocenters. The summed E-state index contributed by atoms with van der Waals surface area (Å²) < 4.78 is 44.9. The van der Waals surface area contributed by atoms with Crippen molar-refractivity contribution in [2.45, 2.75) is 31.5 Å². The molecule has 1 atom stereocenters. The van der Waals surface area contributed by atoms with E-state index in [-0.39, 0.29) is 12.1 Å². The Kier molecular flexibility index (Phi) is 5.01. The largest absolute Gasteiger partial charge is 0.411 e. The Hall–Kier alpha value is -0.330. The average Bonchev–Trinajstić information content (AvgIpc) is 2.57. The van der Waals surface area contributed by atoms with Gasteiger partial charge in [-0.2, -0.15) is 13.2 Å². The third-order valence-corrected chi connectivity index (χ3v) is 2.50. The number of hydrogen-bond donors (Lipinski definition) is 1. The van der Waals surface area contributed by atoms with E-state index in [1.165, 1.54) is 0 Å². The Bertz CT molecular complexity index is 203. The van der Waals surface area contributed by atoms with Crippen LogP contribution in [0.5, 0.6) is 0 Å². The Balaban J connectivity index is 1.96.